The van der Waals surface area contributed by atoms with Crippen LogP contribution in [-0.2, 0) is 0 Å². The number of rotatable bonds is 3. The van der Waals surface area contributed by atoms with E-state index in [-0.39, 0.29) is 0 Å². The van der Waals surface area contributed by atoms with Crippen molar-refractivity contribution in [2.45, 2.75) is 45.1 Å². The van der Waals surface area contributed by atoms with E-state index in [2.05, 4.69) is 41.5 Å². The zero-order valence-electron chi connectivity index (χ0n) is 10.9. The molecule has 0 bridgehead atoms. The van der Waals surface area contributed by atoms with Crippen LogP contribution in [0.25, 0.3) is 10.2 Å². The third-order valence-corrected chi connectivity index (χ3v) is 5.01. The fourth-order valence-electron chi connectivity index (χ4n) is 2.82. The number of thiazole rings is 1. The molecule has 0 saturated heterocycles. The van der Waals surface area contributed by atoms with Crippen molar-refractivity contribution in [1.82, 2.24) is 4.98 Å². The summed E-state index contributed by atoms with van der Waals surface area (Å²) in [6.07, 6.45) is 6.69. The molecule has 1 N–H and O–H groups in total. The Hall–Kier alpha value is -1.09. The molecule has 0 atom stereocenters. The van der Waals surface area contributed by atoms with Gasteiger partial charge in [-0.3, -0.25) is 0 Å². The van der Waals surface area contributed by atoms with E-state index >= 15 is 0 Å². The zero-order chi connectivity index (χ0) is 12.4. The molecule has 2 aromatic rings. The van der Waals surface area contributed by atoms with Gasteiger partial charge in [0.25, 0.3) is 0 Å². The van der Waals surface area contributed by atoms with Gasteiger partial charge >= 0.3 is 0 Å². The molecule has 1 aromatic heterocycles. The predicted octanol–water partition coefficient (Wildman–Crippen LogP) is 4.68. The molecule has 0 aliphatic heterocycles. The molecule has 0 spiro atoms. The third kappa shape index (κ3) is 2.51. The molecule has 1 fully saturated rings. The molecule has 0 radical (unpaired) electrons. The highest BCUT2D eigenvalue weighted by Gasteiger charge is 2.20. The van der Waals surface area contributed by atoms with Gasteiger partial charge in [0.15, 0.2) is 5.13 Å². The first-order valence-corrected chi connectivity index (χ1v) is 7.79. The molecule has 1 aromatic carbocycles. The highest BCUT2D eigenvalue weighted by atomic mass is 32.1. The first-order chi connectivity index (χ1) is 8.85. The average Bonchev–Trinajstić information content (AvgIpc) is 2.82. The van der Waals surface area contributed by atoms with E-state index in [9.17, 15) is 0 Å². The van der Waals surface area contributed by atoms with Crippen molar-refractivity contribution in [3.05, 3.63) is 24.3 Å². The van der Waals surface area contributed by atoms with E-state index in [0.29, 0.717) is 6.04 Å². The summed E-state index contributed by atoms with van der Waals surface area (Å²) in [5.41, 5.74) is 1.12. The number of hydrogen-bond donors (Lipinski definition) is 1. The van der Waals surface area contributed by atoms with E-state index in [1.54, 1.807) is 11.3 Å². The second kappa shape index (κ2) is 5.27. The molecular formula is C15H20N2S. The van der Waals surface area contributed by atoms with E-state index in [1.165, 1.54) is 36.8 Å². The normalized spacial score (nSPS) is 24.3. The maximum absolute atomic E-state index is 4.65. The van der Waals surface area contributed by atoms with Crippen LogP contribution < -0.4 is 5.32 Å². The number of nitrogens with one attached hydrogen (secondary N) is 1. The van der Waals surface area contributed by atoms with Gasteiger partial charge in [0.2, 0.25) is 0 Å². The molecule has 3 heteroatoms. The fourth-order valence-corrected chi connectivity index (χ4v) is 3.77. The van der Waals surface area contributed by atoms with Crippen molar-refractivity contribution in [3.63, 3.8) is 0 Å². The lowest BCUT2D eigenvalue weighted by Gasteiger charge is -2.28. The quantitative estimate of drug-likeness (QED) is 0.867. The van der Waals surface area contributed by atoms with Gasteiger partial charge in [0.05, 0.1) is 10.2 Å². The van der Waals surface area contributed by atoms with Gasteiger partial charge in [0.1, 0.15) is 0 Å². The molecule has 0 unspecified atom stereocenters. The summed E-state index contributed by atoms with van der Waals surface area (Å²) < 4.78 is 1.28. The molecule has 3 rings (SSSR count). The first kappa shape index (κ1) is 12.0. The fraction of sp³-hybridized carbons (Fsp3) is 0.533. The van der Waals surface area contributed by atoms with Gasteiger partial charge < -0.3 is 5.32 Å². The van der Waals surface area contributed by atoms with Crippen LogP contribution in [-0.4, -0.2) is 11.0 Å². The lowest BCUT2D eigenvalue weighted by Crippen LogP contribution is -2.25. The second-order valence-corrected chi connectivity index (χ2v) is 6.29. The van der Waals surface area contributed by atoms with Crippen molar-refractivity contribution in [3.8, 4) is 0 Å². The summed E-state index contributed by atoms with van der Waals surface area (Å²) >= 11 is 1.78. The van der Waals surface area contributed by atoms with E-state index in [1.807, 2.05) is 0 Å². The predicted molar refractivity (Wildman–Crippen MR) is 79.3 cm³/mol. The maximum atomic E-state index is 4.65. The van der Waals surface area contributed by atoms with Crippen LogP contribution in [0.5, 0.6) is 0 Å². The lowest BCUT2D eigenvalue weighted by atomic mass is 9.85. The molecule has 18 heavy (non-hydrogen) atoms. The number of fused-ring (bicyclic) bond motifs is 1. The van der Waals surface area contributed by atoms with Crippen LogP contribution in [0.2, 0.25) is 0 Å². The summed E-state index contributed by atoms with van der Waals surface area (Å²) in [6, 6.07) is 9.00. The number of anilines is 1. The molecule has 1 heterocycles. The van der Waals surface area contributed by atoms with E-state index < -0.39 is 0 Å². The summed E-state index contributed by atoms with van der Waals surface area (Å²) in [5.74, 6) is 0.957. The highest BCUT2D eigenvalue weighted by molar-refractivity contribution is 7.22. The van der Waals surface area contributed by atoms with Crippen molar-refractivity contribution < 1.29 is 0 Å². The van der Waals surface area contributed by atoms with Gasteiger partial charge in [-0.05, 0) is 43.7 Å². The molecular weight excluding hydrogens is 240 g/mol. The number of para-hydroxylation sites is 1. The monoisotopic (exact) mass is 260 g/mol. The number of aromatic nitrogens is 1. The largest absolute Gasteiger partial charge is 0.359 e. The van der Waals surface area contributed by atoms with Crippen molar-refractivity contribution in [2.75, 3.05) is 5.32 Å². The molecule has 1 saturated carbocycles. The minimum Gasteiger partial charge on any atom is -0.359 e. The smallest absolute Gasteiger partial charge is 0.184 e. The first-order valence-electron chi connectivity index (χ1n) is 6.97. The lowest BCUT2D eigenvalue weighted by molar-refractivity contribution is 0.330. The minimum atomic E-state index is 0.633. The van der Waals surface area contributed by atoms with E-state index in [0.717, 1.165) is 16.6 Å². The molecule has 2 nitrogen and oxygen atoms in total. The Morgan fingerprint density at radius 1 is 1.22 bits per heavy atom. The van der Waals surface area contributed by atoms with Crippen LogP contribution in [0.15, 0.2) is 24.3 Å². The van der Waals surface area contributed by atoms with Crippen molar-refractivity contribution >= 4 is 26.7 Å². The van der Waals surface area contributed by atoms with Crippen LogP contribution in [0.1, 0.15) is 39.0 Å². The zero-order valence-corrected chi connectivity index (χ0v) is 11.7. The van der Waals surface area contributed by atoms with Crippen LogP contribution in [0.3, 0.4) is 0 Å². The third-order valence-electron chi connectivity index (χ3n) is 4.05. The molecule has 96 valence electrons. The number of benzene rings is 1. The Morgan fingerprint density at radius 3 is 2.72 bits per heavy atom. The second-order valence-electron chi connectivity index (χ2n) is 5.26. The van der Waals surface area contributed by atoms with Crippen LogP contribution >= 0.6 is 11.3 Å². The standard InChI is InChI=1S/C15H20N2S/c1-2-11-7-9-12(10-8-11)16-15-17-13-5-3-4-6-14(13)18-15/h3-6,11-12H,2,7-10H2,1H3,(H,16,17). The molecule has 1 aliphatic rings. The van der Waals surface area contributed by atoms with Crippen LogP contribution in [0.4, 0.5) is 5.13 Å². The topological polar surface area (TPSA) is 24.9 Å². The molecule has 0 amide bonds. The Morgan fingerprint density at radius 2 is 2.00 bits per heavy atom. The van der Waals surface area contributed by atoms with Gasteiger partial charge in [-0.2, -0.15) is 0 Å². The van der Waals surface area contributed by atoms with Gasteiger partial charge in [-0.25, -0.2) is 4.98 Å². The van der Waals surface area contributed by atoms with Gasteiger partial charge in [-0.1, -0.05) is 36.8 Å². The summed E-state index contributed by atoms with van der Waals surface area (Å²) in [4.78, 5) is 4.65. The average molecular weight is 260 g/mol. The number of hydrogen-bond acceptors (Lipinski definition) is 3. The summed E-state index contributed by atoms with van der Waals surface area (Å²) in [7, 11) is 0. The van der Waals surface area contributed by atoms with Crippen molar-refractivity contribution in [2.24, 2.45) is 5.92 Å². The maximum Gasteiger partial charge on any atom is 0.184 e. The SMILES string of the molecule is CCC1CCC(Nc2nc3ccccc3s2)CC1. The Bertz CT molecular complexity index is 479. The highest BCUT2D eigenvalue weighted by Crippen LogP contribution is 2.31. The summed E-state index contributed by atoms with van der Waals surface area (Å²) in [5, 5.41) is 4.72. The van der Waals surface area contributed by atoms with Crippen LogP contribution in [0, 0.1) is 5.92 Å². The Labute approximate surface area is 112 Å². The molecule has 1 aliphatic carbocycles. The minimum absolute atomic E-state index is 0.633. The van der Waals surface area contributed by atoms with E-state index in [4.69, 9.17) is 0 Å². The number of nitrogens with zero attached hydrogens (tertiary/aromatic N) is 1. The Kier molecular flexibility index (Phi) is 3.50. The van der Waals surface area contributed by atoms with Gasteiger partial charge in [0, 0.05) is 6.04 Å². The summed E-state index contributed by atoms with van der Waals surface area (Å²) in [6.45, 7) is 2.31. The van der Waals surface area contributed by atoms with Crippen molar-refractivity contribution in [1.29, 1.82) is 0 Å². The van der Waals surface area contributed by atoms with Gasteiger partial charge in [-0.15, -0.1) is 0 Å². The Balaban J connectivity index is 1.66.